The molecule has 0 heterocycles. The maximum atomic E-state index is 13.7. The summed E-state index contributed by atoms with van der Waals surface area (Å²) in [6.07, 6.45) is 0. The van der Waals surface area contributed by atoms with Crippen LogP contribution in [-0.2, 0) is 9.59 Å². The number of carbonyl (C=O) groups is 2. The summed E-state index contributed by atoms with van der Waals surface area (Å²) in [6, 6.07) is 10.9. The largest absolute Gasteiger partial charge is 0.497 e. The Bertz CT molecular complexity index is 817. The van der Waals surface area contributed by atoms with Crippen LogP contribution in [0.5, 0.6) is 5.75 Å². The molecule has 2 amide bonds. The van der Waals surface area contributed by atoms with Gasteiger partial charge in [-0.25, -0.2) is 4.39 Å². The van der Waals surface area contributed by atoms with Gasteiger partial charge in [0.05, 0.1) is 25.9 Å². The zero-order valence-corrected chi connectivity index (χ0v) is 15.8. The molecule has 0 aliphatic heterocycles. The van der Waals surface area contributed by atoms with Crippen LogP contribution in [0.2, 0.25) is 5.02 Å². The number of hydrogen-bond donors (Lipinski definition) is 2. The van der Waals surface area contributed by atoms with Gasteiger partial charge in [-0.05, 0) is 36.9 Å². The number of nitrogens with zero attached hydrogens (tertiary/aromatic N) is 1. The second-order valence-corrected chi connectivity index (χ2v) is 6.19. The Balaban J connectivity index is 1.91. The lowest BCUT2D eigenvalue weighted by molar-refractivity contribution is -0.119. The van der Waals surface area contributed by atoms with E-state index in [0.29, 0.717) is 23.0 Å². The van der Waals surface area contributed by atoms with Crippen molar-refractivity contribution in [3.63, 3.8) is 0 Å². The summed E-state index contributed by atoms with van der Waals surface area (Å²) < 4.78 is 18.8. The highest BCUT2D eigenvalue weighted by Crippen LogP contribution is 2.19. The molecule has 0 saturated carbocycles. The maximum Gasteiger partial charge on any atom is 0.238 e. The second kappa shape index (κ2) is 9.89. The summed E-state index contributed by atoms with van der Waals surface area (Å²) in [6.45, 7) is 2.25. The van der Waals surface area contributed by atoms with Crippen molar-refractivity contribution in [2.24, 2.45) is 0 Å². The number of halogens is 2. The van der Waals surface area contributed by atoms with Gasteiger partial charge in [0, 0.05) is 16.8 Å². The summed E-state index contributed by atoms with van der Waals surface area (Å²) in [4.78, 5) is 26.0. The lowest BCUT2D eigenvalue weighted by Crippen LogP contribution is -2.38. The van der Waals surface area contributed by atoms with Crippen LogP contribution in [0, 0.1) is 5.82 Å². The van der Waals surface area contributed by atoms with Crippen LogP contribution >= 0.6 is 11.6 Å². The van der Waals surface area contributed by atoms with E-state index in [2.05, 4.69) is 10.6 Å². The van der Waals surface area contributed by atoms with Crippen molar-refractivity contribution < 1.29 is 18.7 Å². The fourth-order valence-corrected chi connectivity index (χ4v) is 2.54. The fourth-order valence-electron chi connectivity index (χ4n) is 2.37. The molecule has 27 heavy (non-hydrogen) atoms. The minimum atomic E-state index is -0.577. The standard InChI is InChI=1S/C19H21ClFN3O3/c1-3-24(11-18(25)22-14-5-4-6-15(10-14)27-2)12-19(26)23-17-9-13(20)7-8-16(17)21/h4-10H,3,11-12H2,1-2H3,(H,22,25)(H,23,26). The predicted octanol–water partition coefficient (Wildman–Crippen LogP) is 3.39. The number of rotatable bonds is 8. The van der Waals surface area contributed by atoms with E-state index in [1.807, 2.05) is 6.92 Å². The van der Waals surface area contributed by atoms with E-state index in [1.165, 1.54) is 18.2 Å². The molecular weight excluding hydrogens is 373 g/mol. The van der Waals surface area contributed by atoms with E-state index >= 15 is 0 Å². The minimum absolute atomic E-state index is 0.00406. The first-order valence-corrected chi connectivity index (χ1v) is 8.70. The molecule has 6 nitrogen and oxygen atoms in total. The Kier molecular flexibility index (Phi) is 7.57. The zero-order chi connectivity index (χ0) is 19.8. The highest BCUT2D eigenvalue weighted by molar-refractivity contribution is 6.30. The third-order valence-electron chi connectivity index (χ3n) is 3.74. The molecule has 0 saturated heterocycles. The molecule has 0 aliphatic rings. The molecule has 2 rings (SSSR count). The molecule has 8 heteroatoms. The molecule has 0 unspecified atom stereocenters. The fraction of sp³-hybridized carbons (Fsp3) is 0.263. The number of nitrogens with one attached hydrogen (secondary N) is 2. The number of benzene rings is 2. The highest BCUT2D eigenvalue weighted by Gasteiger charge is 2.15. The quantitative estimate of drug-likeness (QED) is 0.721. The van der Waals surface area contributed by atoms with Crippen molar-refractivity contribution in [3.8, 4) is 5.75 Å². The van der Waals surface area contributed by atoms with Gasteiger partial charge in [-0.2, -0.15) is 0 Å². The van der Waals surface area contributed by atoms with Crippen molar-refractivity contribution in [1.82, 2.24) is 4.90 Å². The Labute approximate surface area is 162 Å². The van der Waals surface area contributed by atoms with Gasteiger partial charge in [-0.1, -0.05) is 24.6 Å². The predicted molar refractivity (Wildman–Crippen MR) is 104 cm³/mol. The number of amides is 2. The van der Waals surface area contributed by atoms with Crippen LogP contribution in [-0.4, -0.2) is 43.5 Å². The SMILES string of the molecule is CCN(CC(=O)Nc1cccc(OC)c1)CC(=O)Nc1cc(Cl)ccc1F. The molecule has 0 radical (unpaired) electrons. The number of anilines is 2. The minimum Gasteiger partial charge on any atom is -0.497 e. The van der Waals surface area contributed by atoms with Crippen molar-refractivity contribution >= 4 is 34.8 Å². The van der Waals surface area contributed by atoms with E-state index in [1.54, 1.807) is 36.3 Å². The van der Waals surface area contributed by atoms with Gasteiger partial charge < -0.3 is 15.4 Å². The first-order chi connectivity index (χ1) is 12.9. The van der Waals surface area contributed by atoms with Gasteiger partial charge in [0.1, 0.15) is 11.6 Å². The van der Waals surface area contributed by atoms with Crippen molar-refractivity contribution in [3.05, 3.63) is 53.3 Å². The second-order valence-electron chi connectivity index (χ2n) is 5.76. The van der Waals surface area contributed by atoms with Crippen LogP contribution < -0.4 is 15.4 Å². The van der Waals surface area contributed by atoms with Crippen molar-refractivity contribution in [2.75, 3.05) is 37.4 Å². The smallest absolute Gasteiger partial charge is 0.238 e. The molecule has 2 N–H and O–H groups in total. The van der Waals surface area contributed by atoms with E-state index < -0.39 is 11.7 Å². The van der Waals surface area contributed by atoms with E-state index in [-0.39, 0.29) is 24.7 Å². The monoisotopic (exact) mass is 393 g/mol. The highest BCUT2D eigenvalue weighted by atomic mass is 35.5. The average Bonchev–Trinajstić information content (AvgIpc) is 2.64. The number of methoxy groups -OCH3 is 1. The van der Waals surface area contributed by atoms with E-state index in [4.69, 9.17) is 16.3 Å². The number of hydrogen-bond acceptors (Lipinski definition) is 4. The Morgan fingerprint density at radius 1 is 1.11 bits per heavy atom. The van der Waals surface area contributed by atoms with Crippen LogP contribution in [0.25, 0.3) is 0 Å². The first kappa shape index (κ1) is 20.7. The lowest BCUT2D eigenvalue weighted by atomic mass is 10.3. The Morgan fingerprint density at radius 3 is 2.48 bits per heavy atom. The van der Waals surface area contributed by atoms with Crippen LogP contribution in [0.4, 0.5) is 15.8 Å². The molecule has 144 valence electrons. The average molecular weight is 394 g/mol. The molecule has 0 bridgehead atoms. The molecule has 0 aromatic heterocycles. The van der Waals surface area contributed by atoms with Gasteiger partial charge in [0.2, 0.25) is 11.8 Å². The third kappa shape index (κ3) is 6.54. The molecule has 2 aromatic rings. The number of ether oxygens (including phenoxy) is 1. The zero-order valence-electron chi connectivity index (χ0n) is 15.1. The molecule has 0 atom stereocenters. The summed E-state index contributed by atoms with van der Waals surface area (Å²) in [5.41, 5.74) is 0.602. The van der Waals surface area contributed by atoms with Gasteiger partial charge in [0.25, 0.3) is 0 Å². The molecule has 0 aliphatic carbocycles. The van der Waals surface area contributed by atoms with Gasteiger partial charge in [0.15, 0.2) is 0 Å². The van der Waals surface area contributed by atoms with Crippen LogP contribution in [0.15, 0.2) is 42.5 Å². The molecular formula is C19H21ClFN3O3. The summed E-state index contributed by atoms with van der Waals surface area (Å²) in [5, 5.41) is 5.53. The number of carbonyl (C=O) groups excluding carboxylic acids is 2. The third-order valence-corrected chi connectivity index (χ3v) is 3.97. The molecule has 0 spiro atoms. The summed E-state index contributed by atoms with van der Waals surface area (Å²) >= 11 is 5.81. The van der Waals surface area contributed by atoms with Crippen LogP contribution in [0.3, 0.4) is 0 Å². The van der Waals surface area contributed by atoms with E-state index in [9.17, 15) is 14.0 Å². The lowest BCUT2D eigenvalue weighted by Gasteiger charge is -2.19. The maximum absolute atomic E-state index is 13.7. The normalized spacial score (nSPS) is 10.6. The van der Waals surface area contributed by atoms with Gasteiger partial charge >= 0.3 is 0 Å². The van der Waals surface area contributed by atoms with Crippen LogP contribution in [0.1, 0.15) is 6.92 Å². The molecule has 0 fully saturated rings. The summed E-state index contributed by atoms with van der Waals surface area (Å²) in [7, 11) is 1.54. The van der Waals surface area contributed by atoms with Gasteiger partial charge in [-0.15, -0.1) is 0 Å². The molecule has 2 aromatic carbocycles. The van der Waals surface area contributed by atoms with Gasteiger partial charge in [-0.3, -0.25) is 14.5 Å². The first-order valence-electron chi connectivity index (χ1n) is 8.32. The van der Waals surface area contributed by atoms with Crippen molar-refractivity contribution in [2.45, 2.75) is 6.92 Å². The van der Waals surface area contributed by atoms with Crippen molar-refractivity contribution in [1.29, 1.82) is 0 Å². The number of likely N-dealkylation sites (N-methyl/N-ethyl adjacent to an activating group) is 1. The summed E-state index contributed by atoms with van der Waals surface area (Å²) in [5.74, 6) is -0.659. The Hall–Kier alpha value is -2.64. The topological polar surface area (TPSA) is 70.7 Å². The Morgan fingerprint density at radius 2 is 1.81 bits per heavy atom. The van der Waals surface area contributed by atoms with E-state index in [0.717, 1.165) is 0 Å².